The summed E-state index contributed by atoms with van der Waals surface area (Å²) in [5.41, 5.74) is 0.786. The van der Waals surface area contributed by atoms with Crippen molar-refractivity contribution in [3.8, 4) is 0 Å². The summed E-state index contributed by atoms with van der Waals surface area (Å²) in [6.45, 7) is 4.90. The van der Waals surface area contributed by atoms with Gasteiger partial charge in [-0.05, 0) is 19.8 Å². The van der Waals surface area contributed by atoms with Gasteiger partial charge in [-0.3, -0.25) is 15.1 Å². The van der Waals surface area contributed by atoms with E-state index in [1.54, 1.807) is 25.2 Å². The monoisotopic (exact) mass is 448 g/mol. The molecule has 24 heavy (non-hydrogen) atoms. The van der Waals surface area contributed by atoms with Crippen LogP contribution in [0.15, 0.2) is 29.3 Å². The molecule has 0 bridgehead atoms. The highest BCUT2D eigenvalue weighted by molar-refractivity contribution is 14.0. The third-order valence-electron chi connectivity index (χ3n) is 3.98. The molecule has 1 saturated heterocycles. The third-order valence-corrected chi connectivity index (χ3v) is 3.98. The zero-order chi connectivity index (χ0) is 16.7. The number of nitro groups is 1. The van der Waals surface area contributed by atoms with Crippen molar-refractivity contribution < 1.29 is 9.66 Å². The number of guanidine groups is 1. The van der Waals surface area contributed by atoms with E-state index in [0.717, 1.165) is 38.5 Å². The number of benzene rings is 1. The van der Waals surface area contributed by atoms with Crippen LogP contribution in [0, 0.1) is 10.1 Å². The Kier molecular flexibility index (Phi) is 8.98. The van der Waals surface area contributed by atoms with Gasteiger partial charge >= 0.3 is 0 Å². The molecule has 0 unspecified atom stereocenters. The highest BCUT2D eigenvalue weighted by Crippen LogP contribution is 2.18. The standard InChI is InChI=1S/C16H24N4O3.HI/c1-3-23-14-8-10-19(11-9-14)16(17-2)18-12-13-6-4-5-7-15(13)20(21)22;/h4-7,14H,3,8-12H2,1-2H3,(H,17,18);1H. The van der Waals surface area contributed by atoms with E-state index in [0.29, 0.717) is 18.2 Å². The van der Waals surface area contributed by atoms with E-state index in [-0.39, 0.29) is 34.6 Å². The van der Waals surface area contributed by atoms with Crippen LogP contribution in [0.5, 0.6) is 0 Å². The number of hydrogen-bond donors (Lipinski definition) is 1. The molecule has 2 rings (SSSR count). The van der Waals surface area contributed by atoms with Crippen LogP contribution in [-0.4, -0.2) is 48.6 Å². The van der Waals surface area contributed by atoms with Crippen molar-refractivity contribution in [3.63, 3.8) is 0 Å². The van der Waals surface area contributed by atoms with E-state index < -0.39 is 0 Å². The van der Waals surface area contributed by atoms with Gasteiger partial charge in [0.2, 0.25) is 0 Å². The molecule has 0 aliphatic carbocycles. The van der Waals surface area contributed by atoms with Crippen LogP contribution in [0.3, 0.4) is 0 Å². The summed E-state index contributed by atoms with van der Waals surface area (Å²) in [5.74, 6) is 0.776. The molecule has 0 spiro atoms. The van der Waals surface area contributed by atoms with Crippen LogP contribution in [0.1, 0.15) is 25.3 Å². The van der Waals surface area contributed by atoms with Gasteiger partial charge < -0.3 is 15.0 Å². The van der Waals surface area contributed by atoms with Gasteiger partial charge in [-0.2, -0.15) is 0 Å². The molecule has 1 fully saturated rings. The fraction of sp³-hybridized carbons (Fsp3) is 0.562. The largest absolute Gasteiger partial charge is 0.378 e. The van der Waals surface area contributed by atoms with Crippen molar-refractivity contribution in [1.82, 2.24) is 10.2 Å². The quantitative estimate of drug-likeness (QED) is 0.247. The van der Waals surface area contributed by atoms with Crippen LogP contribution < -0.4 is 5.32 Å². The number of para-hydroxylation sites is 1. The van der Waals surface area contributed by atoms with Gasteiger partial charge in [0, 0.05) is 44.9 Å². The molecule has 0 amide bonds. The Hall–Kier alpha value is -1.42. The van der Waals surface area contributed by atoms with Crippen molar-refractivity contribution in [2.45, 2.75) is 32.4 Å². The average molecular weight is 448 g/mol. The van der Waals surface area contributed by atoms with Gasteiger partial charge in [-0.1, -0.05) is 18.2 Å². The Morgan fingerprint density at radius 1 is 1.42 bits per heavy atom. The van der Waals surface area contributed by atoms with Crippen molar-refractivity contribution in [1.29, 1.82) is 0 Å². The van der Waals surface area contributed by atoms with Gasteiger partial charge in [0.1, 0.15) is 0 Å². The van der Waals surface area contributed by atoms with Crippen LogP contribution in [0.4, 0.5) is 5.69 Å². The van der Waals surface area contributed by atoms with E-state index >= 15 is 0 Å². The van der Waals surface area contributed by atoms with Gasteiger partial charge in [-0.25, -0.2) is 0 Å². The zero-order valence-electron chi connectivity index (χ0n) is 14.1. The number of halogens is 1. The Labute approximate surface area is 159 Å². The van der Waals surface area contributed by atoms with E-state index in [1.807, 2.05) is 6.92 Å². The number of nitro benzene ring substituents is 1. The number of aliphatic imine (C=N–C) groups is 1. The summed E-state index contributed by atoms with van der Waals surface area (Å²) in [4.78, 5) is 17.2. The number of nitrogens with zero attached hydrogens (tertiary/aromatic N) is 3. The van der Waals surface area contributed by atoms with E-state index in [4.69, 9.17) is 4.74 Å². The molecule has 134 valence electrons. The summed E-state index contributed by atoms with van der Waals surface area (Å²) >= 11 is 0. The molecule has 0 aromatic heterocycles. The Bertz CT molecular complexity index is 560. The predicted molar refractivity (Wildman–Crippen MR) is 105 cm³/mol. The molecular formula is C16H25IN4O3. The minimum absolute atomic E-state index is 0. The van der Waals surface area contributed by atoms with Gasteiger partial charge in [0.15, 0.2) is 5.96 Å². The highest BCUT2D eigenvalue weighted by atomic mass is 127. The topological polar surface area (TPSA) is 80.0 Å². The summed E-state index contributed by atoms with van der Waals surface area (Å²) in [6.07, 6.45) is 2.27. The van der Waals surface area contributed by atoms with E-state index in [1.165, 1.54) is 6.07 Å². The summed E-state index contributed by atoms with van der Waals surface area (Å²) in [7, 11) is 1.73. The predicted octanol–water partition coefficient (Wildman–Crippen LogP) is 2.79. The van der Waals surface area contributed by atoms with Crippen LogP contribution in [-0.2, 0) is 11.3 Å². The Balaban J connectivity index is 0.00000288. The maximum absolute atomic E-state index is 11.1. The number of ether oxygens (including phenoxy) is 1. The first kappa shape index (κ1) is 20.6. The second-order valence-corrected chi connectivity index (χ2v) is 5.43. The normalized spacial score (nSPS) is 15.8. The van der Waals surface area contributed by atoms with Gasteiger partial charge in [-0.15, -0.1) is 24.0 Å². The lowest BCUT2D eigenvalue weighted by Crippen LogP contribution is -2.46. The number of hydrogen-bond acceptors (Lipinski definition) is 4. The highest BCUT2D eigenvalue weighted by Gasteiger charge is 2.22. The van der Waals surface area contributed by atoms with Crippen LogP contribution in [0.25, 0.3) is 0 Å². The van der Waals surface area contributed by atoms with Gasteiger partial charge in [0.25, 0.3) is 5.69 Å². The molecule has 0 atom stereocenters. The first-order valence-electron chi connectivity index (χ1n) is 7.95. The molecule has 1 aromatic rings. The smallest absolute Gasteiger partial charge is 0.274 e. The lowest BCUT2D eigenvalue weighted by Gasteiger charge is -2.34. The fourth-order valence-electron chi connectivity index (χ4n) is 2.81. The molecule has 1 heterocycles. The van der Waals surface area contributed by atoms with E-state index in [2.05, 4.69) is 15.2 Å². The zero-order valence-corrected chi connectivity index (χ0v) is 16.4. The van der Waals surface area contributed by atoms with E-state index in [9.17, 15) is 10.1 Å². The maximum Gasteiger partial charge on any atom is 0.274 e. The average Bonchev–Trinajstić information content (AvgIpc) is 2.57. The first-order chi connectivity index (χ1) is 11.2. The summed E-state index contributed by atoms with van der Waals surface area (Å²) < 4.78 is 5.65. The Morgan fingerprint density at radius 3 is 2.67 bits per heavy atom. The minimum Gasteiger partial charge on any atom is -0.378 e. The van der Waals surface area contributed by atoms with Crippen molar-refractivity contribution in [2.24, 2.45) is 4.99 Å². The fourth-order valence-corrected chi connectivity index (χ4v) is 2.81. The number of rotatable bonds is 5. The van der Waals surface area contributed by atoms with Crippen LogP contribution >= 0.6 is 24.0 Å². The Morgan fingerprint density at radius 2 is 2.08 bits per heavy atom. The number of piperidine rings is 1. The van der Waals surface area contributed by atoms with Crippen molar-refractivity contribution in [3.05, 3.63) is 39.9 Å². The molecule has 0 radical (unpaired) electrons. The first-order valence-corrected chi connectivity index (χ1v) is 7.95. The molecule has 1 aromatic carbocycles. The SMILES string of the molecule is CCOC1CCN(C(=NC)NCc2ccccc2[N+](=O)[O-])CC1.I. The second-order valence-electron chi connectivity index (χ2n) is 5.43. The van der Waals surface area contributed by atoms with Crippen molar-refractivity contribution in [2.75, 3.05) is 26.7 Å². The molecule has 1 N–H and O–H groups in total. The summed E-state index contributed by atoms with van der Waals surface area (Å²) in [6, 6.07) is 6.77. The number of likely N-dealkylation sites (tertiary alicyclic amines) is 1. The molecule has 1 aliphatic rings. The molecule has 7 nitrogen and oxygen atoms in total. The second kappa shape index (κ2) is 10.4. The molecular weight excluding hydrogens is 423 g/mol. The van der Waals surface area contributed by atoms with Gasteiger partial charge in [0.05, 0.1) is 11.0 Å². The van der Waals surface area contributed by atoms with Crippen molar-refractivity contribution >= 4 is 35.6 Å². The number of nitrogens with one attached hydrogen (secondary N) is 1. The molecule has 0 saturated carbocycles. The molecule has 8 heteroatoms. The molecule has 1 aliphatic heterocycles. The maximum atomic E-state index is 11.1. The minimum atomic E-state index is -0.354. The lowest BCUT2D eigenvalue weighted by atomic mass is 10.1. The lowest BCUT2D eigenvalue weighted by molar-refractivity contribution is -0.385. The third kappa shape index (κ3) is 5.59. The summed E-state index contributed by atoms with van der Waals surface area (Å²) in [5, 5.41) is 14.3. The van der Waals surface area contributed by atoms with Crippen LogP contribution in [0.2, 0.25) is 0 Å².